The van der Waals surface area contributed by atoms with E-state index in [0.717, 1.165) is 0 Å². The topological polar surface area (TPSA) is 67.4 Å². The Morgan fingerprint density at radius 2 is 1.39 bits per heavy atom. The van der Waals surface area contributed by atoms with Crippen molar-refractivity contribution in [2.24, 2.45) is 0 Å². The molecule has 31 heavy (non-hydrogen) atoms. The van der Waals surface area contributed by atoms with Gasteiger partial charge < -0.3 is 15.4 Å². The number of carbonyl (C=O) groups is 2. The molecule has 0 aromatic heterocycles. The number of carbonyl (C=O) groups excluding carboxylic acids is 2. The van der Waals surface area contributed by atoms with Crippen molar-refractivity contribution >= 4 is 17.5 Å². The fourth-order valence-corrected chi connectivity index (χ4v) is 2.57. The second-order valence-electron chi connectivity index (χ2n) is 6.38. The van der Waals surface area contributed by atoms with Gasteiger partial charge in [-0.25, -0.2) is 4.39 Å². The first kappa shape index (κ1) is 21.8. The molecule has 0 atom stereocenters. The number of hydrogen-bond acceptors (Lipinski definition) is 3. The monoisotopic (exact) mass is 432 g/mol. The van der Waals surface area contributed by atoms with Gasteiger partial charge >= 0.3 is 6.18 Å². The zero-order valence-electron chi connectivity index (χ0n) is 15.9. The van der Waals surface area contributed by atoms with E-state index in [4.69, 9.17) is 4.74 Å². The van der Waals surface area contributed by atoms with E-state index in [1.165, 1.54) is 72.8 Å². The molecule has 0 fully saturated rings. The van der Waals surface area contributed by atoms with Gasteiger partial charge in [0, 0.05) is 5.56 Å². The van der Waals surface area contributed by atoms with E-state index in [9.17, 15) is 27.2 Å². The number of amides is 2. The Kier molecular flexibility index (Phi) is 6.54. The molecule has 3 rings (SSSR count). The Hall–Kier alpha value is -3.88. The number of anilines is 1. The van der Waals surface area contributed by atoms with E-state index in [-0.39, 0.29) is 16.8 Å². The largest absolute Gasteiger partial charge is 0.457 e. The summed E-state index contributed by atoms with van der Waals surface area (Å²) in [7, 11) is 0. The lowest BCUT2D eigenvalue weighted by Crippen LogP contribution is -2.34. The van der Waals surface area contributed by atoms with E-state index in [1.807, 2.05) is 0 Å². The minimum absolute atomic E-state index is 0.0683. The van der Waals surface area contributed by atoms with Gasteiger partial charge in [-0.1, -0.05) is 12.1 Å². The molecule has 3 aromatic carbocycles. The van der Waals surface area contributed by atoms with Crippen LogP contribution >= 0.6 is 0 Å². The van der Waals surface area contributed by atoms with Gasteiger partial charge in [0.25, 0.3) is 11.8 Å². The van der Waals surface area contributed by atoms with Gasteiger partial charge in [-0.3, -0.25) is 9.59 Å². The van der Waals surface area contributed by atoms with Crippen molar-refractivity contribution in [1.82, 2.24) is 5.32 Å². The van der Waals surface area contributed by atoms with Crippen LogP contribution in [-0.4, -0.2) is 24.5 Å². The Labute approximate surface area is 174 Å². The van der Waals surface area contributed by atoms with E-state index >= 15 is 0 Å². The highest BCUT2D eigenvalue weighted by Gasteiger charge is 2.28. The number of nitrogens with one attached hydrogen (secondary N) is 2. The molecule has 0 unspecified atom stereocenters. The average Bonchev–Trinajstić information content (AvgIpc) is 2.74. The van der Waals surface area contributed by atoms with E-state index in [2.05, 4.69) is 5.32 Å². The predicted molar refractivity (Wildman–Crippen MR) is 106 cm³/mol. The molecule has 0 heterocycles. The summed E-state index contributed by atoms with van der Waals surface area (Å²) in [5, 5.41) is 4.29. The van der Waals surface area contributed by atoms with Crippen molar-refractivity contribution < 1.29 is 31.9 Å². The first-order chi connectivity index (χ1) is 14.7. The first-order valence-electron chi connectivity index (χ1n) is 9.00. The lowest BCUT2D eigenvalue weighted by molar-refractivity contribution is -0.123. The van der Waals surface area contributed by atoms with Gasteiger partial charge in [-0.2, -0.15) is 13.2 Å². The van der Waals surface area contributed by atoms with Crippen LogP contribution in [0.4, 0.5) is 23.2 Å². The molecule has 2 N–H and O–H groups in total. The maximum Gasteiger partial charge on any atom is 0.405 e. The number of rotatable bonds is 6. The molecule has 0 saturated heterocycles. The van der Waals surface area contributed by atoms with Crippen LogP contribution < -0.4 is 15.4 Å². The van der Waals surface area contributed by atoms with Crippen LogP contribution in [0.5, 0.6) is 11.5 Å². The molecule has 3 aromatic rings. The fraction of sp³-hybridized carbons (Fsp3) is 0.0909. The lowest BCUT2D eigenvalue weighted by Gasteiger charge is -2.13. The van der Waals surface area contributed by atoms with Crippen LogP contribution in [0.15, 0.2) is 72.8 Å². The molecule has 0 saturated carbocycles. The van der Waals surface area contributed by atoms with Crippen LogP contribution in [-0.2, 0) is 0 Å². The van der Waals surface area contributed by atoms with Gasteiger partial charge in [-0.15, -0.1) is 0 Å². The Balaban J connectivity index is 1.67. The molecule has 0 bridgehead atoms. The normalized spacial score (nSPS) is 11.0. The van der Waals surface area contributed by atoms with Gasteiger partial charge in [0.2, 0.25) is 0 Å². The summed E-state index contributed by atoms with van der Waals surface area (Å²) in [4.78, 5) is 24.6. The molecular formula is C22H16F4N2O3. The van der Waals surface area contributed by atoms with Crippen LogP contribution in [0.1, 0.15) is 20.7 Å². The SMILES string of the molecule is O=C(Nc1ccccc1C(=O)NCC(F)(F)F)c1ccc(Oc2ccc(F)cc2)cc1. The predicted octanol–water partition coefficient (Wildman–Crippen LogP) is 5.16. The minimum Gasteiger partial charge on any atom is -0.457 e. The average molecular weight is 432 g/mol. The number of ether oxygens (including phenoxy) is 1. The van der Waals surface area contributed by atoms with Crippen LogP contribution in [0, 0.1) is 5.82 Å². The number of hydrogen-bond donors (Lipinski definition) is 2. The van der Waals surface area contributed by atoms with E-state index in [1.54, 1.807) is 5.32 Å². The summed E-state index contributed by atoms with van der Waals surface area (Å²) in [6.07, 6.45) is -4.55. The first-order valence-corrected chi connectivity index (χ1v) is 9.00. The molecule has 0 radical (unpaired) electrons. The van der Waals surface area contributed by atoms with E-state index in [0.29, 0.717) is 11.5 Å². The Bertz CT molecular complexity index is 1070. The molecule has 5 nitrogen and oxygen atoms in total. The van der Waals surface area contributed by atoms with Crippen molar-refractivity contribution in [3.05, 3.63) is 89.7 Å². The molecular weight excluding hydrogens is 416 g/mol. The van der Waals surface area contributed by atoms with E-state index < -0.39 is 30.4 Å². The van der Waals surface area contributed by atoms with Crippen LogP contribution in [0.25, 0.3) is 0 Å². The molecule has 0 aliphatic rings. The van der Waals surface area contributed by atoms with Crippen molar-refractivity contribution in [2.75, 3.05) is 11.9 Å². The van der Waals surface area contributed by atoms with Crippen LogP contribution in [0.3, 0.4) is 0 Å². The summed E-state index contributed by atoms with van der Waals surface area (Å²) in [5.41, 5.74) is 0.201. The molecule has 9 heteroatoms. The van der Waals surface area contributed by atoms with Crippen molar-refractivity contribution in [1.29, 1.82) is 0 Å². The lowest BCUT2D eigenvalue weighted by atomic mass is 10.1. The zero-order chi connectivity index (χ0) is 22.4. The summed E-state index contributed by atoms with van der Waals surface area (Å²) >= 11 is 0. The number of halogens is 4. The molecule has 0 aliphatic carbocycles. The standard InChI is InChI=1S/C22H16F4N2O3/c23-15-7-11-17(12-8-15)31-16-9-5-14(6-10-16)20(29)28-19-4-2-1-3-18(19)21(30)27-13-22(24,25)26/h1-12H,13H2,(H,27,30)(H,28,29). The maximum absolute atomic E-state index is 12.9. The van der Waals surface area contributed by atoms with Gasteiger partial charge in [0.05, 0.1) is 11.3 Å². The molecule has 160 valence electrons. The summed E-state index contributed by atoms with van der Waals surface area (Å²) in [6.45, 7) is -1.48. The number of alkyl halides is 3. The third kappa shape index (κ3) is 6.30. The highest BCUT2D eigenvalue weighted by Crippen LogP contribution is 2.23. The quantitative estimate of drug-likeness (QED) is 0.529. The Morgan fingerprint density at radius 3 is 2.00 bits per heavy atom. The highest BCUT2D eigenvalue weighted by molar-refractivity contribution is 6.09. The fourth-order valence-electron chi connectivity index (χ4n) is 2.57. The van der Waals surface area contributed by atoms with Crippen LogP contribution in [0.2, 0.25) is 0 Å². The summed E-state index contributed by atoms with van der Waals surface area (Å²) in [6, 6.07) is 17.1. The number of para-hydroxylation sites is 1. The number of benzene rings is 3. The summed E-state index contributed by atoms with van der Waals surface area (Å²) in [5.74, 6) is -1.10. The van der Waals surface area contributed by atoms with Crippen molar-refractivity contribution in [3.63, 3.8) is 0 Å². The molecule has 0 spiro atoms. The Morgan fingerprint density at radius 1 is 0.806 bits per heavy atom. The third-order valence-corrected chi connectivity index (χ3v) is 4.04. The maximum atomic E-state index is 12.9. The second kappa shape index (κ2) is 9.29. The third-order valence-electron chi connectivity index (χ3n) is 4.04. The molecule has 2 amide bonds. The zero-order valence-corrected chi connectivity index (χ0v) is 15.9. The van der Waals surface area contributed by atoms with Gasteiger partial charge in [-0.05, 0) is 60.7 Å². The highest BCUT2D eigenvalue weighted by atomic mass is 19.4. The molecule has 0 aliphatic heterocycles. The van der Waals surface area contributed by atoms with Crippen molar-refractivity contribution in [2.45, 2.75) is 6.18 Å². The smallest absolute Gasteiger partial charge is 0.405 e. The van der Waals surface area contributed by atoms with Crippen molar-refractivity contribution in [3.8, 4) is 11.5 Å². The summed E-state index contributed by atoms with van der Waals surface area (Å²) < 4.78 is 55.5. The van der Waals surface area contributed by atoms with Gasteiger partial charge in [0.1, 0.15) is 23.9 Å². The van der Waals surface area contributed by atoms with Gasteiger partial charge in [0.15, 0.2) is 0 Å². The minimum atomic E-state index is -4.55. The second-order valence-corrected chi connectivity index (χ2v) is 6.38.